The van der Waals surface area contributed by atoms with E-state index in [1.54, 1.807) is 13.2 Å². The number of amides is 1. The van der Waals surface area contributed by atoms with Crippen LogP contribution in [0.5, 0.6) is 0 Å². The maximum atomic E-state index is 11.2. The van der Waals surface area contributed by atoms with E-state index in [4.69, 9.17) is 5.73 Å². The number of rotatable bonds is 1. The molecule has 0 saturated heterocycles. The summed E-state index contributed by atoms with van der Waals surface area (Å²) in [5.41, 5.74) is 7.39. The van der Waals surface area contributed by atoms with E-state index in [2.05, 4.69) is 10.3 Å². The van der Waals surface area contributed by atoms with Gasteiger partial charge in [-0.15, -0.1) is 0 Å². The third kappa shape index (κ3) is 1.37. The lowest BCUT2D eigenvalue weighted by atomic mass is 10.1. The van der Waals surface area contributed by atoms with Crippen molar-refractivity contribution in [2.45, 2.75) is 6.92 Å². The second-order valence-electron chi connectivity index (χ2n) is 2.50. The van der Waals surface area contributed by atoms with E-state index in [9.17, 15) is 4.79 Å². The topological polar surface area (TPSA) is 68.0 Å². The van der Waals surface area contributed by atoms with Gasteiger partial charge in [-0.25, -0.2) is 0 Å². The maximum Gasteiger partial charge on any atom is 0.254 e. The molecule has 0 radical (unpaired) electrons. The highest BCUT2D eigenvalue weighted by Crippen LogP contribution is 2.13. The zero-order valence-electron chi connectivity index (χ0n) is 7.09. The van der Waals surface area contributed by atoms with Crippen LogP contribution in [-0.2, 0) is 0 Å². The number of nitrogen functional groups attached to an aromatic ring is 1. The summed E-state index contributed by atoms with van der Waals surface area (Å²) in [4.78, 5) is 15.0. The SMILES string of the molecule is CNC(=O)c1cncc(C)c1N. The fourth-order valence-electron chi connectivity index (χ4n) is 0.891. The van der Waals surface area contributed by atoms with Crippen LogP contribution >= 0.6 is 0 Å². The summed E-state index contributed by atoms with van der Waals surface area (Å²) in [5, 5.41) is 2.49. The van der Waals surface area contributed by atoms with E-state index in [1.165, 1.54) is 6.20 Å². The van der Waals surface area contributed by atoms with Crippen molar-refractivity contribution in [3.8, 4) is 0 Å². The highest BCUT2D eigenvalue weighted by atomic mass is 16.1. The first-order chi connectivity index (χ1) is 5.66. The van der Waals surface area contributed by atoms with E-state index in [0.29, 0.717) is 11.3 Å². The zero-order valence-corrected chi connectivity index (χ0v) is 7.09. The molecule has 0 spiro atoms. The molecule has 0 unspecified atom stereocenters. The van der Waals surface area contributed by atoms with Gasteiger partial charge >= 0.3 is 0 Å². The molecule has 64 valence electrons. The van der Waals surface area contributed by atoms with Crippen LogP contribution < -0.4 is 11.1 Å². The zero-order chi connectivity index (χ0) is 9.14. The molecule has 0 aliphatic heterocycles. The third-order valence-electron chi connectivity index (χ3n) is 1.66. The van der Waals surface area contributed by atoms with Gasteiger partial charge in [0, 0.05) is 19.4 Å². The normalized spacial score (nSPS) is 9.50. The molecular formula is C8H11N3O. The number of carbonyl (C=O) groups excluding carboxylic acids is 1. The lowest BCUT2D eigenvalue weighted by Crippen LogP contribution is -2.19. The van der Waals surface area contributed by atoms with Crippen LogP contribution in [0.15, 0.2) is 12.4 Å². The molecule has 0 atom stereocenters. The first-order valence-corrected chi connectivity index (χ1v) is 3.59. The lowest BCUT2D eigenvalue weighted by molar-refractivity contribution is 0.0963. The van der Waals surface area contributed by atoms with Crippen molar-refractivity contribution in [2.75, 3.05) is 12.8 Å². The van der Waals surface area contributed by atoms with Crippen molar-refractivity contribution in [2.24, 2.45) is 0 Å². The second kappa shape index (κ2) is 3.21. The molecule has 0 saturated carbocycles. The van der Waals surface area contributed by atoms with Gasteiger partial charge in [0.2, 0.25) is 0 Å². The van der Waals surface area contributed by atoms with Crippen LogP contribution in [0.4, 0.5) is 5.69 Å². The van der Waals surface area contributed by atoms with Crippen molar-refractivity contribution >= 4 is 11.6 Å². The van der Waals surface area contributed by atoms with Crippen LogP contribution in [-0.4, -0.2) is 17.9 Å². The molecule has 4 heteroatoms. The van der Waals surface area contributed by atoms with Gasteiger partial charge in [-0.2, -0.15) is 0 Å². The fraction of sp³-hybridized carbons (Fsp3) is 0.250. The van der Waals surface area contributed by atoms with Crippen LogP contribution in [0, 0.1) is 6.92 Å². The molecule has 4 nitrogen and oxygen atoms in total. The van der Waals surface area contributed by atoms with Gasteiger partial charge in [0.25, 0.3) is 5.91 Å². The third-order valence-corrected chi connectivity index (χ3v) is 1.66. The van der Waals surface area contributed by atoms with E-state index in [1.807, 2.05) is 6.92 Å². The van der Waals surface area contributed by atoms with Crippen molar-refractivity contribution in [3.05, 3.63) is 23.5 Å². The largest absolute Gasteiger partial charge is 0.398 e. The Morgan fingerprint density at radius 3 is 2.83 bits per heavy atom. The van der Waals surface area contributed by atoms with Crippen molar-refractivity contribution < 1.29 is 4.79 Å². The van der Waals surface area contributed by atoms with Gasteiger partial charge in [-0.1, -0.05) is 0 Å². The predicted molar refractivity (Wildman–Crippen MR) is 46.8 cm³/mol. The minimum Gasteiger partial charge on any atom is -0.398 e. The summed E-state index contributed by atoms with van der Waals surface area (Å²) in [5.74, 6) is -0.205. The molecule has 0 aromatic carbocycles. The van der Waals surface area contributed by atoms with Gasteiger partial charge in [-0.3, -0.25) is 9.78 Å². The molecule has 1 aromatic heterocycles. The van der Waals surface area contributed by atoms with Gasteiger partial charge in [-0.05, 0) is 12.5 Å². The van der Waals surface area contributed by atoms with Gasteiger partial charge < -0.3 is 11.1 Å². The number of nitrogens with two attached hydrogens (primary N) is 1. The molecule has 0 aliphatic carbocycles. The van der Waals surface area contributed by atoms with E-state index in [0.717, 1.165) is 5.56 Å². The average molecular weight is 165 g/mol. The molecular weight excluding hydrogens is 154 g/mol. The number of anilines is 1. The highest BCUT2D eigenvalue weighted by Gasteiger charge is 2.08. The first kappa shape index (κ1) is 8.52. The summed E-state index contributed by atoms with van der Waals surface area (Å²) in [6.45, 7) is 1.81. The fourth-order valence-corrected chi connectivity index (χ4v) is 0.891. The Hall–Kier alpha value is -1.58. The Labute approximate surface area is 70.8 Å². The number of aryl methyl sites for hydroxylation is 1. The molecule has 3 N–H and O–H groups in total. The molecule has 0 bridgehead atoms. The first-order valence-electron chi connectivity index (χ1n) is 3.59. The Kier molecular flexibility index (Phi) is 2.28. The average Bonchev–Trinajstić information content (AvgIpc) is 2.08. The number of hydrogen-bond acceptors (Lipinski definition) is 3. The van der Waals surface area contributed by atoms with E-state index < -0.39 is 0 Å². The van der Waals surface area contributed by atoms with E-state index in [-0.39, 0.29) is 5.91 Å². The van der Waals surface area contributed by atoms with Crippen LogP contribution in [0.3, 0.4) is 0 Å². The molecule has 1 rings (SSSR count). The lowest BCUT2D eigenvalue weighted by Gasteiger charge is -2.04. The van der Waals surface area contributed by atoms with Crippen molar-refractivity contribution in [1.29, 1.82) is 0 Å². The van der Waals surface area contributed by atoms with Crippen LogP contribution in [0.25, 0.3) is 0 Å². The Morgan fingerprint density at radius 1 is 1.58 bits per heavy atom. The number of hydrogen-bond donors (Lipinski definition) is 2. The minimum atomic E-state index is -0.205. The number of nitrogens with one attached hydrogen (secondary N) is 1. The van der Waals surface area contributed by atoms with Gasteiger partial charge in [0.1, 0.15) is 0 Å². The summed E-state index contributed by atoms with van der Waals surface area (Å²) < 4.78 is 0. The quantitative estimate of drug-likeness (QED) is 0.630. The number of nitrogens with zero attached hydrogens (tertiary/aromatic N) is 1. The molecule has 0 fully saturated rings. The molecule has 0 aliphatic rings. The number of aromatic nitrogens is 1. The maximum absolute atomic E-state index is 11.2. The summed E-state index contributed by atoms with van der Waals surface area (Å²) in [7, 11) is 1.56. The summed E-state index contributed by atoms with van der Waals surface area (Å²) in [6.07, 6.45) is 3.09. The summed E-state index contributed by atoms with van der Waals surface area (Å²) in [6, 6.07) is 0. The monoisotopic (exact) mass is 165 g/mol. The highest BCUT2D eigenvalue weighted by molar-refractivity contribution is 5.99. The number of carbonyl (C=O) groups is 1. The Bertz CT molecular complexity index is 309. The standard InChI is InChI=1S/C8H11N3O/c1-5-3-11-4-6(7(5)9)8(12)10-2/h3-4H,1-2H3,(H2,9,11)(H,10,12). The smallest absolute Gasteiger partial charge is 0.254 e. The number of pyridine rings is 1. The van der Waals surface area contributed by atoms with Crippen LogP contribution in [0.2, 0.25) is 0 Å². The Balaban J connectivity index is 3.16. The predicted octanol–water partition coefficient (Wildman–Crippen LogP) is 0.332. The molecule has 1 aromatic rings. The van der Waals surface area contributed by atoms with Crippen molar-refractivity contribution in [3.63, 3.8) is 0 Å². The summed E-state index contributed by atoms with van der Waals surface area (Å²) >= 11 is 0. The van der Waals surface area contributed by atoms with Gasteiger partial charge in [0.05, 0.1) is 11.3 Å². The second-order valence-corrected chi connectivity index (χ2v) is 2.50. The minimum absolute atomic E-state index is 0.205. The van der Waals surface area contributed by atoms with Crippen molar-refractivity contribution in [1.82, 2.24) is 10.3 Å². The molecule has 1 heterocycles. The molecule has 12 heavy (non-hydrogen) atoms. The van der Waals surface area contributed by atoms with E-state index >= 15 is 0 Å². The van der Waals surface area contributed by atoms with Crippen LogP contribution in [0.1, 0.15) is 15.9 Å². The van der Waals surface area contributed by atoms with Gasteiger partial charge in [0.15, 0.2) is 0 Å². The Morgan fingerprint density at radius 2 is 2.25 bits per heavy atom. The molecule has 1 amide bonds.